The molecular formula is C18H19N5O3. The minimum atomic E-state index is -0.388. The van der Waals surface area contributed by atoms with Gasteiger partial charge in [0.05, 0.1) is 25.8 Å². The molecule has 1 aliphatic heterocycles. The Morgan fingerprint density at radius 2 is 2.23 bits per heavy atom. The van der Waals surface area contributed by atoms with Gasteiger partial charge in [0.2, 0.25) is 0 Å². The molecule has 4 rings (SSSR count). The fourth-order valence-corrected chi connectivity index (χ4v) is 3.18. The molecule has 0 radical (unpaired) electrons. The summed E-state index contributed by atoms with van der Waals surface area (Å²) < 4.78 is 11.0. The van der Waals surface area contributed by atoms with Gasteiger partial charge in [-0.3, -0.25) is 9.78 Å². The van der Waals surface area contributed by atoms with Crippen LogP contribution < -0.4 is 10.5 Å². The zero-order valence-electron chi connectivity index (χ0n) is 14.3. The van der Waals surface area contributed by atoms with Crippen LogP contribution in [0.15, 0.2) is 36.8 Å². The van der Waals surface area contributed by atoms with Gasteiger partial charge in [0.1, 0.15) is 23.4 Å². The van der Waals surface area contributed by atoms with Gasteiger partial charge in [0, 0.05) is 36.0 Å². The van der Waals surface area contributed by atoms with Gasteiger partial charge in [0.15, 0.2) is 0 Å². The number of benzene rings is 1. The van der Waals surface area contributed by atoms with Crippen LogP contribution in [0.25, 0.3) is 10.9 Å². The molecule has 8 heteroatoms. The summed E-state index contributed by atoms with van der Waals surface area (Å²) in [6.45, 7) is 1.29. The smallest absolute Gasteiger partial charge is 0.256 e. The first kappa shape index (κ1) is 16.3. The number of amides is 1. The van der Waals surface area contributed by atoms with Crippen molar-refractivity contribution >= 4 is 22.6 Å². The first-order valence-corrected chi connectivity index (χ1v) is 8.29. The number of H-pyrrole nitrogens is 1. The molecule has 1 fully saturated rings. The number of nitrogens with zero attached hydrogens (tertiary/aromatic N) is 3. The average molecular weight is 353 g/mol. The van der Waals surface area contributed by atoms with E-state index in [2.05, 4.69) is 15.0 Å². The Morgan fingerprint density at radius 3 is 3.04 bits per heavy atom. The number of hydrogen-bond acceptors (Lipinski definition) is 6. The number of fused-ring (bicyclic) bond motifs is 1. The van der Waals surface area contributed by atoms with Gasteiger partial charge < -0.3 is 25.1 Å². The maximum absolute atomic E-state index is 13.1. The van der Waals surface area contributed by atoms with Crippen molar-refractivity contribution in [2.24, 2.45) is 0 Å². The standard InChI is InChI=1S/C18H19N5O3/c1-25-11-2-3-14-12(8-11)13(9-22-14)18(24)23-6-7-26-15(10-23)16-17(19)21-5-4-20-16/h2-5,8-9,15,22H,6-7,10H2,1H3,(H2,19,21)/t15-/m0/s1. The number of ether oxygens (including phenoxy) is 2. The Hall–Kier alpha value is -3.13. The molecule has 1 amide bonds. The predicted octanol–water partition coefficient (Wildman–Crippen LogP) is 1.76. The van der Waals surface area contributed by atoms with E-state index in [1.54, 1.807) is 24.4 Å². The second-order valence-corrected chi connectivity index (χ2v) is 6.05. The van der Waals surface area contributed by atoms with Gasteiger partial charge >= 0.3 is 0 Å². The quantitative estimate of drug-likeness (QED) is 0.743. The van der Waals surface area contributed by atoms with E-state index in [0.717, 1.165) is 10.9 Å². The number of carbonyl (C=O) groups is 1. The Morgan fingerprint density at radius 1 is 1.38 bits per heavy atom. The number of nitrogen functional groups attached to an aromatic ring is 1. The van der Waals surface area contributed by atoms with Gasteiger partial charge in [-0.2, -0.15) is 0 Å². The van der Waals surface area contributed by atoms with E-state index in [0.29, 0.717) is 42.5 Å². The second kappa shape index (κ2) is 6.64. The second-order valence-electron chi connectivity index (χ2n) is 6.05. The Kier molecular flexibility index (Phi) is 4.18. The van der Waals surface area contributed by atoms with Crippen molar-refractivity contribution in [1.29, 1.82) is 0 Å². The SMILES string of the molecule is COc1ccc2[nH]cc(C(=O)N3CCO[C@H](c4nccnc4N)C3)c2c1. The van der Waals surface area contributed by atoms with E-state index in [4.69, 9.17) is 15.2 Å². The van der Waals surface area contributed by atoms with E-state index in [9.17, 15) is 4.79 Å². The lowest BCUT2D eigenvalue weighted by Gasteiger charge is -2.32. The molecule has 1 aromatic carbocycles. The van der Waals surface area contributed by atoms with Crippen LogP contribution in [0.3, 0.4) is 0 Å². The fraction of sp³-hybridized carbons (Fsp3) is 0.278. The van der Waals surface area contributed by atoms with Crippen molar-refractivity contribution in [3.63, 3.8) is 0 Å². The van der Waals surface area contributed by atoms with Crippen LogP contribution in [0.2, 0.25) is 0 Å². The van der Waals surface area contributed by atoms with Crippen LogP contribution >= 0.6 is 0 Å². The van der Waals surface area contributed by atoms with Crippen LogP contribution in [-0.4, -0.2) is 52.6 Å². The highest BCUT2D eigenvalue weighted by molar-refractivity contribution is 6.07. The van der Waals surface area contributed by atoms with E-state index >= 15 is 0 Å². The first-order valence-electron chi connectivity index (χ1n) is 8.29. The predicted molar refractivity (Wildman–Crippen MR) is 95.9 cm³/mol. The highest BCUT2D eigenvalue weighted by atomic mass is 16.5. The van der Waals surface area contributed by atoms with Gasteiger partial charge in [-0.1, -0.05) is 0 Å². The molecule has 3 N–H and O–H groups in total. The van der Waals surface area contributed by atoms with Gasteiger partial charge in [-0.25, -0.2) is 4.98 Å². The Bertz CT molecular complexity index is 955. The minimum absolute atomic E-state index is 0.0692. The van der Waals surface area contributed by atoms with Gasteiger partial charge in [-0.05, 0) is 18.2 Å². The minimum Gasteiger partial charge on any atom is -0.497 e. The maximum atomic E-state index is 13.1. The molecule has 26 heavy (non-hydrogen) atoms. The van der Waals surface area contributed by atoms with E-state index in [-0.39, 0.29) is 12.0 Å². The topological polar surface area (TPSA) is 106 Å². The number of aromatic amines is 1. The summed E-state index contributed by atoms with van der Waals surface area (Å²) in [4.78, 5) is 26.3. The number of methoxy groups -OCH3 is 1. The molecular weight excluding hydrogens is 334 g/mol. The number of morpholine rings is 1. The van der Waals surface area contributed by atoms with Gasteiger partial charge in [-0.15, -0.1) is 0 Å². The molecule has 0 spiro atoms. The Labute approximate surface area is 149 Å². The molecule has 3 aromatic rings. The molecule has 134 valence electrons. The van der Waals surface area contributed by atoms with Crippen molar-refractivity contribution in [1.82, 2.24) is 19.9 Å². The van der Waals surface area contributed by atoms with Crippen LogP contribution in [0, 0.1) is 0 Å². The fourth-order valence-electron chi connectivity index (χ4n) is 3.18. The third-order valence-corrected chi connectivity index (χ3v) is 4.53. The summed E-state index contributed by atoms with van der Waals surface area (Å²) in [5.41, 5.74) is 7.95. The van der Waals surface area contributed by atoms with E-state index in [1.807, 2.05) is 18.2 Å². The number of carbonyl (C=O) groups excluding carboxylic acids is 1. The summed E-state index contributed by atoms with van der Waals surface area (Å²) >= 11 is 0. The molecule has 8 nitrogen and oxygen atoms in total. The summed E-state index contributed by atoms with van der Waals surface area (Å²) in [6, 6.07) is 5.61. The molecule has 0 saturated carbocycles. The first-order chi connectivity index (χ1) is 12.7. The van der Waals surface area contributed by atoms with Gasteiger partial charge in [0.25, 0.3) is 5.91 Å². The molecule has 0 unspecified atom stereocenters. The summed E-state index contributed by atoms with van der Waals surface area (Å²) in [6.07, 6.45) is 4.44. The van der Waals surface area contributed by atoms with Crippen molar-refractivity contribution < 1.29 is 14.3 Å². The van der Waals surface area contributed by atoms with E-state index < -0.39 is 0 Å². The van der Waals surface area contributed by atoms with Crippen LogP contribution in [0.4, 0.5) is 5.82 Å². The van der Waals surface area contributed by atoms with Crippen LogP contribution in [0.5, 0.6) is 5.75 Å². The van der Waals surface area contributed by atoms with Crippen molar-refractivity contribution in [2.45, 2.75) is 6.10 Å². The average Bonchev–Trinajstić information content (AvgIpc) is 3.11. The lowest BCUT2D eigenvalue weighted by atomic mass is 10.1. The maximum Gasteiger partial charge on any atom is 0.256 e. The molecule has 0 bridgehead atoms. The number of nitrogens with two attached hydrogens (primary N) is 1. The number of aromatic nitrogens is 3. The number of rotatable bonds is 3. The molecule has 3 heterocycles. The van der Waals surface area contributed by atoms with Crippen LogP contribution in [-0.2, 0) is 4.74 Å². The third kappa shape index (κ3) is 2.84. The number of hydrogen-bond donors (Lipinski definition) is 2. The Balaban J connectivity index is 1.61. The lowest BCUT2D eigenvalue weighted by molar-refractivity contribution is -0.0244. The summed E-state index contributed by atoms with van der Waals surface area (Å²) in [5.74, 6) is 0.960. The zero-order chi connectivity index (χ0) is 18.1. The number of nitrogens with one attached hydrogen (secondary N) is 1. The lowest BCUT2D eigenvalue weighted by Crippen LogP contribution is -2.42. The molecule has 1 atom stereocenters. The third-order valence-electron chi connectivity index (χ3n) is 4.53. The van der Waals surface area contributed by atoms with E-state index in [1.165, 1.54) is 6.20 Å². The van der Waals surface area contributed by atoms with Crippen LogP contribution in [0.1, 0.15) is 22.2 Å². The molecule has 1 aliphatic rings. The van der Waals surface area contributed by atoms with Crippen molar-refractivity contribution in [3.8, 4) is 5.75 Å². The van der Waals surface area contributed by atoms with Crippen molar-refractivity contribution in [2.75, 3.05) is 32.5 Å². The molecule has 2 aromatic heterocycles. The summed E-state index contributed by atoms with van der Waals surface area (Å²) in [7, 11) is 1.60. The zero-order valence-corrected chi connectivity index (χ0v) is 14.3. The molecule has 0 aliphatic carbocycles. The molecule has 1 saturated heterocycles. The largest absolute Gasteiger partial charge is 0.497 e. The summed E-state index contributed by atoms with van der Waals surface area (Å²) in [5, 5.41) is 0.830. The highest BCUT2D eigenvalue weighted by Crippen LogP contribution is 2.28. The normalized spacial score (nSPS) is 17.4. The monoisotopic (exact) mass is 353 g/mol. The van der Waals surface area contributed by atoms with Crippen molar-refractivity contribution in [3.05, 3.63) is 48.0 Å². The number of anilines is 1. The highest BCUT2D eigenvalue weighted by Gasteiger charge is 2.29.